The van der Waals surface area contributed by atoms with E-state index < -0.39 is 35.5 Å². The van der Waals surface area contributed by atoms with Crippen molar-refractivity contribution < 1.29 is 23.1 Å². The molecule has 2 aromatic carbocycles. The van der Waals surface area contributed by atoms with Gasteiger partial charge in [0.1, 0.15) is 23.4 Å². The van der Waals surface area contributed by atoms with Crippen LogP contribution in [0.3, 0.4) is 0 Å². The molecule has 9 heteroatoms. The van der Waals surface area contributed by atoms with Crippen molar-refractivity contribution >= 4 is 17.6 Å². The summed E-state index contributed by atoms with van der Waals surface area (Å²) in [5.41, 5.74) is 0.542. The molecular formula is C20H18F2N4O3. The molecule has 150 valence electrons. The van der Waals surface area contributed by atoms with E-state index in [1.807, 2.05) is 6.07 Å². The Hall–Kier alpha value is -3.67. The first-order valence-corrected chi connectivity index (χ1v) is 8.69. The lowest BCUT2D eigenvalue weighted by Gasteiger charge is -2.20. The molecule has 0 spiro atoms. The van der Waals surface area contributed by atoms with Gasteiger partial charge in [0.25, 0.3) is 0 Å². The van der Waals surface area contributed by atoms with E-state index in [2.05, 4.69) is 10.6 Å². The quantitative estimate of drug-likeness (QED) is 0.825. The van der Waals surface area contributed by atoms with Gasteiger partial charge in [0.2, 0.25) is 5.91 Å². The zero-order valence-electron chi connectivity index (χ0n) is 15.7. The summed E-state index contributed by atoms with van der Waals surface area (Å²) < 4.78 is 33.9. The van der Waals surface area contributed by atoms with E-state index in [-0.39, 0.29) is 17.9 Å². The van der Waals surface area contributed by atoms with Gasteiger partial charge in [-0.05, 0) is 24.3 Å². The number of ether oxygens (including phenoxy) is 1. The third-order valence-corrected chi connectivity index (χ3v) is 4.73. The van der Waals surface area contributed by atoms with Crippen molar-refractivity contribution in [2.45, 2.75) is 12.0 Å². The second kappa shape index (κ2) is 8.14. The fourth-order valence-corrected chi connectivity index (χ4v) is 3.29. The van der Waals surface area contributed by atoms with E-state index in [1.54, 1.807) is 0 Å². The number of nitriles is 1. The van der Waals surface area contributed by atoms with Gasteiger partial charge in [-0.25, -0.2) is 13.6 Å². The number of benzene rings is 2. The lowest BCUT2D eigenvalue weighted by Crippen LogP contribution is -2.45. The number of likely N-dealkylation sites (N-methyl/N-ethyl adjacent to an activating group) is 1. The van der Waals surface area contributed by atoms with Gasteiger partial charge in [0.15, 0.2) is 0 Å². The number of carbonyl (C=O) groups excluding carboxylic acids is 2. The Morgan fingerprint density at radius 2 is 1.86 bits per heavy atom. The molecule has 29 heavy (non-hydrogen) atoms. The topological polar surface area (TPSA) is 94.5 Å². The van der Waals surface area contributed by atoms with Crippen LogP contribution in [0.25, 0.3) is 0 Å². The van der Waals surface area contributed by atoms with Crippen LogP contribution in [-0.4, -0.2) is 43.6 Å². The van der Waals surface area contributed by atoms with E-state index >= 15 is 0 Å². The first kappa shape index (κ1) is 20.1. The number of carbonyl (C=O) groups is 2. The molecule has 1 fully saturated rings. The summed E-state index contributed by atoms with van der Waals surface area (Å²) >= 11 is 0. The molecule has 2 N–H and O–H groups in total. The molecule has 7 nitrogen and oxygen atoms in total. The van der Waals surface area contributed by atoms with Gasteiger partial charge < -0.3 is 20.3 Å². The molecule has 1 aliphatic rings. The number of urea groups is 1. The summed E-state index contributed by atoms with van der Waals surface area (Å²) in [6, 6.07) is 8.29. The molecule has 0 bridgehead atoms. The van der Waals surface area contributed by atoms with E-state index in [0.29, 0.717) is 11.3 Å². The van der Waals surface area contributed by atoms with Crippen molar-refractivity contribution in [3.63, 3.8) is 0 Å². The van der Waals surface area contributed by atoms with Crippen molar-refractivity contribution in [3.8, 4) is 11.8 Å². The number of hydrogen-bond donors (Lipinski definition) is 2. The van der Waals surface area contributed by atoms with Crippen LogP contribution in [0, 0.1) is 23.0 Å². The first-order chi connectivity index (χ1) is 13.8. The summed E-state index contributed by atoms with van der Waals surface area (Å²) in [6.07, 6.45) is 0. The smallest absolute Gasteiger partial charge is 0.319 e. The molecule has 0 saturated carbocycles. The summed E-state index contributed by atoms with van der Waals surface area (Å²) in [7, 11) is 2.79. The van der Waals surface area contributed by atoms with Crippen molar-refractivity contribution in [1.82, 2.24) is 10.2 Å². The van der Waals surface area contributed by atoms with E-state index in [9.17, 15) is 18.4 Å². The monoisotopic (exact) mass is 400 g/mol. The number of nitrogens with one attached hydrogen (secondary N) is 2. The number of rotatable bonds is 4. The van der Waals surface area contributed by atoms with Crippen LogP contribution in [0.5, 0.6) is 5.75 Å². The molecule has 2 aromatic rings. The van der Waals surface area contributed by atoms with Gasteiger partial charge in [-0.15, -0.1) is 0 Å². The Morgan fingerprint density at radius 3 is 2.41 bits per heavy atom. The summed E-state index contributed by atoms with van der Waals surface area (Å²) in [5.74, 6) is -3.06. The zero-order chi connectivity index (χ0) is 21.1. The van der Waals surface area contributed by atoms with Crippen LogP contribution in [0.2, 0.25) is 0 Å². The molecule has 3 amide bonds. The number of anilines is 1. The van der Waals surface area contributed by atoms with Crippen molar-refractivity contribution in [2.24, 2.45) is 0 Å². The Kier molecular flexibility index (Phi) is 5.64. The summed E-state index contributed by atoms with van der Waals surface area (Å²) in [4.78, 5) is 26.1. The van der Waals surface area contributed by atoms with Gasteiger partial charge in [0.05, 0.1) is 18.7 Å². The zero-order valence-corrected chi connectivity index (χ0v) is 15.7. The minimum Gasteiger partial charge on any atom is -0.497 e. The number of amides is 3. The lowest BCUT2D eigenvalue weighted by molar-refractivity contribution is -0.128. The number of likely N-dealkylation sites (tertiary alicyclic amines) is 1. The number of halogens is 2. The average molecular weight is 400 g/mol. The molecule has 0 aliphatic carbocycles. The van der Waals surface area contributed by atoms with Crippen LogP contribution >= 0.6 is 0 Å². The summed E-state index contributed by atoms with van der Waals surface area (Å²) in [5, 5.41) is 13.8. The third kappa shape index (κ3) is 4.11. The fraction of sp³-hybridized carbons (Fsp3) is 0.250. The van der Waals surface area contributed by atoms with Gasteiger partial charge in [-0.3, -0.25) is 4.79 Å². The first-order valence-electron chi connectivity index (χ1n) is 8.69. The second-order valence-corrected chi connectivity index (χ2v) is 6.60. The standard InChI is InChI=1S/C20H18F2N4O3/c1-26-10-14(17-15(21)7-13(29-2)8-16(17)22)18(19(26)27)25-20(28)24-12-5-3-11(9-23)4-6-12/h3-8,14,18H,10H2,1-2H3,(H2,24,25,28). The maximum absolute atomic E-state index is 14.5. The Balaban J connectivity index is 1.81. The van der Waals surface area contributed by atoms with Crippen LogP contribution in [0.4, 0.5) is 19.3 Å². The van der Waals surface area contributed by atoms with Gasteiger partial charge in [0, 0.05) is 42.9 Å². The minimum atomic E-state index is -1.14. The highest BCUT2D eigenvalue weighted by Crippen LogP contribution is 2.33. The van der Waals surface area contributed by atoms with Crippen LogP contribution < -0.4 is 15.4 Å². The minimum absolute atomic E-state index is 0.0181. The van der Waals surface area contributed by atoms with Crippen LogP contribution in [0.15, 0.2) is 36.4 Å². The van der Waals surface area contributed by atoms with E-state index in [4.69, 9.17) is 10.00 Å². The predicted octanol–water partition coefficient (Wildman–Crippen LogP) is 2.59. The molecule has 1 saturated heterocycles. The van der Waals surface area contributed by atoms with Crippen molar-refractivity contribution in [1.29, 1.82) is 5.26 Å². The predicted molar refractivity (Wildman–Crippen MR) is 100 cm³/mol. The number of methoxy groups -OCH3 is 1. The molecule has 3 rings (SSSR count). The highest BCUT2D eigenvalue weighted by atomic mass is 19.1. The normalized spacial score (nSPS) is 18.3. The molecule has 2 atom stereocenters. The maximum Gasteiger partial charge on any atom is 0.319 e. The second-order valence-electron chi connectivity index (χ2n) is 6.60. The van der Waals surface area contributed by atoms with Crippen molar-refractivity contribution in [3.05, 3.63) is 59.2 Å². The van der Waals surface area contributed by atoms with E-state index in [0.717, 1.165) is 12.1 Å². The van der Waals surface area contributed by atoms with Gasteiger partial charge in [-0.2, -0.15) is 5.26 Å². The van der Waals surface area contributed by atoms with Gasteiger partial charge >= 0.3 is 6.03 Å². The summed E-state index contributed by atoms with van der Waals surface area (Å²) in [6.45, 7) is 0.0425. The van der Waals surface area contributed by atoms with Gasteiger partial charge in [-0.1, -0.05) is 0 Å². The molecular weight excluding hydrogens is 382 g/mol. The average Bonchev–Trinajstić information content (AvgIpc) is 2.96. The van der Waals surface area contributed by atoms with E-state index in [1.165, 1.54) is 43.3 Å². The molecule has 2 unspecified atom stereocenters. The Labute approximate surface area is 165 Å². The molecule has 0 radical (unpaired) electrons. The van der Waals surface area contributed by atoms with Crippen LogP contribution in [0.1, 0.15) is 17.0 Å². The number of hydrogen-bond acceptors (Lipinski definition) is 4. The molecule has 1 heterocycles. The maximum atomic E-state index is 14.5. The molecule has 0 aromatic heterocycles. The third-order valence-electron chi connectivity index (χ3n) is 4.73. The Morgan fingerprint density at radius 1 is 1.24 bits per heavy atom. The van der Waals surface area contributed by atoms with Crippen molar-refractivity contribution in [2.75, 3.05) is 26.0 Å². The largest absolute Gasteiger partial charge is 0.497 e. The lowest BCUT2D eigenvalue weighted by atomic mass is 9.93. The number of nitrogens with zero attached hydrogens (tertiary/aromatic N) is 2. The Bertz CT molecular complexity index is 965. The SMILES string of the molecule is COc1cc(F)c(C2CN(C)C(=O)C2NC(=O)Nc2ccc(C#N)cc2)c(F)c1. The highest BCUT2D eigenvalue weighted by Gasteiger charge is 2.43. The highest BCUT2D eigenvalue weighted by molar-refractivity contribution is 5.95. The van der Waals surface area contributed by atoms with Crippen LogP contribution in [-0.2, 0) is 4.79 Å². The fourth-order valence-electron chi connectivity index (χ4n) is 3.29. The molecule has 1 aliphatic heterocycles.